The Kier molecular flexibility index (Phi) is 5.69. The predicted octanol–water partition coefficient (Wildman–Crippen LogP) is 1.11. The number of nitrogens with one attached hydrogen (secondary N) is 2. The van der Waals surface area contributed by atoms with Crippen molar-refractivity contribution in [3.05, 3.63) is 24.3 Å². The van der Waals surface area contributed by atoms with Crippen LogP contribution in [0.1, 0.15) is 6.92 Å². The van der Waals surface area contributed by atoms with E-state index in [1.54, 1.807) is 19.1 Å². The molecule has 8 nitrogen and oxygen atoms in total. The van der Waals surface area contributed by atoms with E-state index >= 15 is 0 Å². The Hall–Kier alpha value is -2.42. The molecule has 1 fully saturated rings. The minimum absolute atomic E-state index is 0.125. The standard InChI is InChI=1S/C14H17N3O5S/c1-9(22-11-4-2-10(18)3-5-11)16-13(20)15-6-7-17-12(19)8-23-14(17)21/h2-5,9,18H,6-8H2,1H3,(H2,15,16,20). The average Bonchev–Trinajstić information content (AvgIpc) is 2.81. The molecule has 2 rings (SSSR count). The first-order valence-corrected chi connectivity index (χ1v) is 7.91. The maximum absolute atomic E-state index is 11.7. The first-order valence-electron chi connectivity index (χ1n) is 6.93. The van der Waals surface area contributed by atoms with Gasteiger partial charge in [0.05, 0.1) is 5.75 Å². The van der Waals surface area contributed by atoms with Gasteiger partial charge in [0.25, 0.3) is 5.24 Å². The van der Waals surface area contributed by atoms with Crippen LogP contribution in [0.5, 0.6) is 11.5 Å². The van der Waals surface area contributed by atoms with Crippen LogP contribution in [0.2, 0.25) is 0 Å². The fraction of sp³-hybridized carbons (Fsp3) is 0.357. The summed E-state index contributed by atoms with van der Waals surface area (Å²) in [5, 5.41) is 14.0. The molecule has 0 saturated carbocycles. The summed E-state index contributed by atoms with van der Waals surface area (Å²) in [6.07, 6.45) is -0.592. The maximum Gasteiger partial charge on any atom is 0.317 e. The number of thioether (sulfide) groups is 1. The summed E-state index contributed by atoms with van der Waals surface area (Å²) in [5.41, 5.74) is 0. The van der Waals surface area contributed by atoms with Gasteiger partial charge in [0, 0.05) is 13.1 Å². The van der Waals surface area contributed by atoms with Gasteiger partial charge in [-0.05, 0) is 31.2 Å². The van der Waals surface area contributed by atoms with Crippen LogP contribution < -0.4 is 15.4 Å². The molecule has 0 spiro atoms. The number of nitrogens with zero attached hydrogens (tertiary/aromatic N) is 1. The molecule has 0 aromatic heterocycles. The number of ether oxygens (including phenoxy) is 1. The molecule has 0 bridgehead atoms. The molecule has 1 aliphatic heterocycles. The third-order valence-corrected chi connectivity index (χ3v) is 3.80. The third kappa shape index (κ3) is 5.06. The second kappa shape index (κ2) is 7.73. The Morgan fingerprint density at radius 2 is 2.09 bits per heavy atom. The van der Waals surface area contributed by atoms with Gasteiger partial charge in [-0.1, -0.05) is 11.8 Å². The number of imide groups is 1. The highest BCUT2D eigenvalue weighted by atomic mass is 32.2. The van der Waals surface area contributed by atoms with Gasteiger partial charge in [-0.3, -0.25) is 14.5 Å². The summed E-state index contributed by atoms with van der Waals surface area (Å²) in [4.78, 5) is 35.6. The van der Waals surface area contributed by atoms with Crippen LogP contribution in [0.25, 0.3) is 0 Å². The molecule has 1 atom stereocenters. The number of hydrogen-bond donors (Lipinski definition) is 3. The zero-order valence-corrected chi connectivity index (χ0v) is 13.3. The van der Waals surface area contributed by atoms with E-state index in [1.807, 2.05) is 0 Å². The first kappa shape index (κ1) is 16.9. The number of phenolic OH excluding ortho intramolecular Hbond substituents is 1. The summed E-state index contributed by atoms with van der Waals surface area (Å²) in [6.45, 7) is 1.96. The van der Waals surface area contributed by atoms with Gasteiger partial charge in [0.2, 0.25) is 5.91 Å². The summed E-state index contributed by atoms with van der Waals surface area (Å²) in [7, 11) is 0. The smallest absolute Gasteiger partial charge is 0.317 e. The molecular formula is C14H17N3O5S. The molecule has 4 amide bonds. The molecule has 124 valence electrons. The molecule has 1 aliphatic rings. The lowest BCUT2D eigenvalue weighted by molar-refractivity contribution is -0.124. The van der Waals surface area contributed by atoms with Crippen molar-refractivity contribution in [2.45, 2.75) is 13.2 Å². The van der Waals surface area contributed by atoms with Gasteiger partial charge in [-0.2, -0.15) is 0 Å². The number of carbonyl (C=O) groups is 3. The highest BCUT2D eigenvalue weighted by molar-refractivity contribution is 8.14. The Morgan fingerprint density at radius 1 is 1.39 bits per heavy atom. The Labute approximate surface area is 137 Å². The first-order chi connectivity index (χ1) is 11.0. The molecule has 9 heteroatoms. The van der Waals surface area contributed by atoms with Crippen LogP contribution in [0.3, 0.4) is 0 Å². The number of hydrogen-bond acceptors (Lipinski definition) is 6. The second-order valence-corrected chi connectivity index (χ2v) is 5.68. The van der Waals surface area contributed by atoms with Gasteiger partial charge < -0.3 is 20.5 Å². The van der Waals surface area contributed by atoms with Crippen LogP contribution in [0, 0.1) is 0 Å². The van der Waals surface area contributed by atoms with Crippen LogP contribution >= 0.6 is 11.8 Å². The normalized spacial score (nSPS) is 15.4. The SMILES string of the molecule is CC(NC(=O)NCCN1C(=O)CSC1=O)Oc1ccc(O)cc1. The number of amides is 4. The molecule has 1 saturated heterocycles. The molecule has 0 radical (unpaired) electrons. The molecular weight excluding hydrogens is 322 g/mol. The van der Waals surface area contributed by atoms with Gasteiger partial charge >= 0.3 is 6.03 Å². The zero-order chi connectivity index (χ0) is 16.8. The van der Waals surface area contributed by atoms with E-state index < -0.39 is 12.3 Å². The van der Waals surface area contributed by atoms with Crippen molar-refractivity contribution >= 4 is 28.9 Å². The highest BCUT2D eigenvalue weighted by Gasteiger charge is 2.29. The van der Waals surface area contributed by atoms with Crippen LogP contribution in [-0.4, -0.2) is 52.3 Å². The summed E-state index contributed by atoms with van der Waals surface area (Å²) >= 11 is 0.957. The third-order valence-electron chi connectivity index (χ3n) is 2.95. The summed E-state index contributed by atoms with van der Waals surface area (Å²) < 4.78 is 5.45. The number of carbonyl (C=O) groups excluding carboxylic acids is 3. The van der Waals surface area contributed by atoms with Crippen molar-refractivity contribution in [1.82, 2.24) is 15.5 Å². The van der Waals surface area contributed by atoms with Crippen LogP contribution in [-0.2, 0) is 4.79 Å². The minimum atomic E-state index is -0.592. The summed E-state index contributed by atoms with van der Waals surface area (Å²) in [6, 6.07) is 5.64. The molecule has 0 aliphatic carbocycles. The predicted molar refractivity (Wildman–Crippen MR) is 84.3 cm³/mol. The van der Waals surface area contributed by atoms with Gasteiger partial charge in [0.1, 0.15) is 11.5 Å². The second-order valence-electron chi connectivity index (χ2n) is 4.75. The monoisotopic (exact) mass is 339 g/mol. The Balaban J connectivity index is 1.68. The van der Waals surface area contributed by atoms with Crippen molar-refractivity contribution < 1.29 is 24.2 Å². The molecule has 1 aromatic carbocycles. The number of rotatable bonds is 6. The number of urea groups is 1. The van der Waals surface area contributed by atoms with Crippen LogP contribution in [0.4, 0.5) is 9.59 Å². The topological polar surface area (TPSA) is 108 Å². The quantitative estimate of drug-likeness (QED) is 0.670. The lowest BCUT2D eigenvalue weighted by atomic mass is 10.3. The minimum Gasteiger partial charge on any atom is -0.508 e. The fourth-order valence-corrected chi connectivity index (χ4v) is 2.62. The maximum atomic E-state index is 11.7. The fourth-order valence-electron chi connectivity index (χ4n) is 1.87. The van der Waals surface area contributed by atoms with Crippen molar-refractivity contribution in [3.63, 3.8) is 0 Å². The number of aromatic hydroxyl groups is 1. The molecule has 23 heavy (non-hydrogen) atoms. The van der Waals surface area contributed by atoms with E-state index in [1.165, 1.54) is 12.1 Å². The molecule has 3 N–H and O–H groups in total. The van der Waals surface area contributed by atoms with E-state index in [0.717, 1.165) is 16.7 Å². The van der Waals surface area contributed by atoms with Gasteiger partial charge in [-0.25, -0.2) is 4.79 Å². The van der Waals surface area contributed by atoms with Crippen LogP contribution in [0.15, 0.2) is 24.3 Å². The number of phenols is 1. The highest BCUT2D eigenvalue weighted by Crippen LogP contribution is 2.18. The van der Waals surface area contributed by atoms with Gasteiger partial charge in [-0.15, -0.1) is 0 Å². The Morgan fingerprint density at radius 3 is 2.70 bits per heavy atom. The Bertz CT molecular complexity index is 577. The largest absolute Gasteiger partial charge is 0.508 e. The van der Waals surface area contributed by atoms with E-state index in [4.69, 9.17) is 4.74 Å². The molecule has 1 aromatic rings. The lowest BCUT2D eigenvalue weighted by Gasteiger charge is -2.18. The molecule has 1 heterocycles. The average molecular weight is 339 g/mol. The van der Waals surface area contributed by atoms with E-state index in [-0.39, 0.29) is 35.7 Å². The van der Waals surface area contributed by atoms with Crippen molar-refractivity contribution in [2.24, 2.45) is 0 Å². The number of benzene rings is 1. The van der Waals surface area contributed by atoms with E-state index in [2.05, 4.69) is 10.6 Å². The van der Waals surface area contributed by atoms with Crippen molar-refractivity contribution in [2.75, 3.05) is 18.8 Å². The van der Waals surface area contributed by atoms with Crippen molar-refractivity contribution in [1.29, 1.82) is 0 Å². The van der Waals surface area contributed by atoms with E-state index in [0.29, 0.717) is 5.75 Å². The van der Waals surface area contributed by atoms with Crippen molar-refractivity contribution in [3.8, 4) is 11.5 Å². The zero-order valence-electron chi connectivity index (χ0n) is 12.4. The van der Waals surface area contributed by atoms with E-state index in [9.17, 15) is 19.5 Å². The lowest BCUT2D eigenvalue weighted by Crippen LogP contribution is -2.46. The summed E-state index contributed by atoms with van der Waals surface area (Å²) in [5.74, 6) is 0.537. The van der Waals surface area contributed by atoms with Gasteiger partial charge in [0.15, 0.2) is 6.23 Å². The molecule has 1 unspecified atom stereocenters.